The lowest BCUT2D eigenvalue weighted by Gasteiger charge is -2.09. The lowest BCUT2D eigenvalue weighted by molar-refractivity contribution is -0.148. The Labute approximate surface area is 107 Å². The molecule has 0 aliphatic rings. The van der Waals surface area contributed by atoms with Gasteiger partial charge in [0, 0.05) is 6.42 Å². The Kier molecular flexibility index (Phi) is 9.03. The first-order chi connectivity index (χ1) is 8.61. The molecule has 0 aromatic heterocycles. The Morgan fingerprint density at radius 2 is 2.11 bits per heavy atom. The summed E-state index contributed by atoms with van der Waals surface area (Å²) in [5.74, 6) is 1.21. The second kappa shape index (κ2) is 10.2. The summed E-state index contributed by atoms with van der Waals surface area (Å²) in [5, 5.41) is 8.28. The van der Waals surface area contributed by atoms with Crippen molar-refractivity contribution >= 4 is 11.9 Å². The number of esters is 2. The fourth-order valence-electron chi connectivity index (χ4n) is 1.20. The van der Waals surface area contributed by atoms with E-state index in [1.165, 1.54) is 0 Å². The van der Waals surface area contributed by atoms with Crippen LogP contribution >= 0.6 is 0 Å². The van der Waals surface area contributed by atoms with Gasteiger partial charge in [-0.25, -0.2) is 0 Å². The van der Waals surface area contributed by atoms with Crippen LogP contribution in [0.3, 0.4) is 0 Å². The number of carbonyl (C=O) groups excluding carboxylic acids is 2. The van der Waals surface area contributed by atoms with Crippen molar-refractivity contribution in [3.8, 4) is 18.4 Å². The SMILES string of the molecule is C#CCOC(=O)CCCC(C)C(=O)OCCC#N. The number of nitrogens with zero attached hydrogens (tertiary/aromatic N) is 1. The molecule has 0 amide bonds. The Morgan fingerprint density at radius 1 is 1.39 bits per heavy atom. The van der Waals surface area contributed by atoms with E-state index in [1.54, 1.807) is 6.92 Å². The van der Waals surface area contributed by atoms with Gasteiger partial charge in [0.25, 0.3) is 0 Å². The van der Waals surface area contributed by atoms with Crippen LogP contribution in [-0.4, -0.2) is 25.2 Å². The smallest absolute Gasteiger partial charge is 0.308 e. The molecule has 0 saturated heterocycles. The number of hydrogen-bond donors (Lipinski definition) is 0. The summed E-state index contributed by atoms with van der Waals surface area (Å²) in [6.07, 6.45) is 6.44. The van der Waals surface area contributed by atoms with Crippen molar-refractivity contribution in [1.29, 1.82) is 5.26 Å². The molecule has 98 valence electrons. The molecule has 5 heteroatoms. The average Bonchev–Trinajstić information content (AvgIpc) is 2.36. The Balaban J connectivity index is 3.67. The highest BCUT2D eigenvalue weighted by Gasteiger charge is 2.14. The molecule has 0 aromatic carbocycles. The van der Waals surface area contributed by atoms with E-state index in [-0.39, 0.29) is 43.9 Å². The zero-order valence-corrected chi connectivity index (χ0v) is 10.5. The zero-order chi connectivity index (χ0) is 13.8. The Morgan fingerprint density at radius 3 is 2.72 bits per heavy atom. The van der Waals surface area contributed by atoms with Gasteiger partial charge in [-0.1, -0.05) is 12.8 Å². The molecule has 18 heavy (non-hydrogen) atoms. The summed E-state index contributed by atoms with van der Waals surface area (Å²) in [5.41, 5.74) is 0. The second-order valence-corrected chi connectivity index (χ2v) is 3.73. The van der Waals surface area contributed by atoms with Crippen molar-refractivity contribution in [2.45, 2.75) is 32.6 Å². The lowest BCUT2D eigenvalue weighted by atomic mass is 10.0. The van der Waals surface area contributed by atoms with Gasteiger partial charge in [0.2, 0.25) is 0 Å². The van der Waals surface area contributed by atoms with E-state index >= 15 is 0 Å². The van der Waals surface area contributed by atoms with Crippen molar-refractivity contribution in [1.82, 2.24) is 0 Å². The maximum absolute atomic E-state index is 11.4. The van der Waals surface area contributed by atoms with Gasteiger partial charge in [-0.3, -0.25) is 9.59 Å². The highest BCUT2D eigenvalue weighted by molar-refractivity contribution is 5.72. The van der Waals surface area contributed by atoms with Gasteiger partial charge < -0.3 is 9.47 Å². The molecule has 0 rings (SSSR count). The molecule has 0 spiro atoms. The standard InChI is InChI=1S/C13H17NO4/c1-3-9-17-12(15)7-4-6-11(2)13(16)18-10-5-8-14/h1,11H,4-7,9-10H2,2H3. The second-order valence-electron chi connectivity index (χ2n) is 3.73. The molecule has 0 aliphatic carbocycles. The fraction of sp³-hybridized carbons (Fsp3) is 0.615. The van der Waals surface area contributed by atoms with Crippen LogP contribution in [0.15, 0.2) is 0 Å². The van der Waals surface area contributed by atoms with Crippen molar-refractivity contribution in [3.63, 3.8) is 0 Å². The highest BCUT2D eigenvalue weighted by Crippen LogP contribution is 2.10. The van der Waals surface area contributed by atoms with E-state index in [0.717, 1.165) is 0 Å². The van der Waals surface area contributed by atoms with Crippen LogP contribution in [-0.2, 0) is 19.1 Å². The maximum Gasteiger partial charge on any atom is 0.308 e. The first-order valence-corrected chi connectivity index (χ1v) is 5.74. The molecular weight excluding hydrogens is 234 g/mol. The van der Waals surface area contributed by atoms with Crippen LogP contribution in [0.25, 0.3) is 0 Å². The van der Waals surface area contributed by atoms with Crippen molar-refractivity contribution in [2.24, 2.45) is 5.92 Å². The highest BCUT2D eigenvalue weighted by atomic mass is 16.5. The van der Waals surface area contributed by atoms with Crippen LogP contribution in [0.4, 0.5) is 0 Å². The minimum Gasteiger partial charge on any atom is -0.464 e. The van der Waals surface area contributed by atoms with Crippen molar-refractivity contribution in [3.05, 3.63) is 0 Å². The summed E-state index contributed by atoms with van der Waals surface area (Å²) in [7, 11) is 0. The number of nitriles is 1. The monoisotopic (exact) mass is 251 g/mol. The molecule has 1 unspecified atom stereocenters. The number of terminal acetylenes is 1. The van der Waals surface area contributed by atoms with Gasteiger partial charge >= 0.3 is 11.9 Å². The van der Waals surface area contributed by atoms with Crippen LogP contribution in [0, 0.1) is 29.6 Å². The largest absolute Gasteiger partial charge is 0.464 e. The first kappa shape index (κ1) is 16.0. The Bertz CT molecular complexity index is 351. The van der Waals surface area contributed by atoms with E-state index in [4.69, 9.17) is 16.4 Å². The third kappa shape index (κ3) is 8.18. The average molecular weight is 251 g/mol. The van der Waals surface area contributed by atoms with Gasteiger partial charge in [-0.2, -0.15) is 5.26 Å². The number of hydrogen-bond acceptors (Lipinski definition) is 5. The molecule has 5 nitrogen and oxygen atoms in total. The van der Waals surface area contributed by atoms with E-state index in [2.05, 4.69) is 10.7 Å². The summed E-state index contributed by atoms with van der Waals surface area (Å²) in [6.45, 7) is 1.82. The topological polar surface area (TPSA) is 76.4 Å². The molecule has 0 aliphatic heterocycles. The van der Waals surface area contributed by atoms with Gasteiger partial charge in [0.1, 0.15) is 6.61 Å². The lowest BCUT2D eigenvalue weighted by Crippen LogP contribution is -2.16. The van der Waals surface area contributed by atoms with Crippen LogP contribution in [0.2, 0.25) is 0 Å². The van der Waals surface area contributed by atoms with Gasteiger partial charge in [0.15, 0.2) is 6.61 Å². The molecule has 0 saturated carbocycles. The van der Waals surface area contributed by atoms with Crippen molar-refractivity contribution < 1.29 is 19.1 Å². The quantitative estimate of drug-likeness (QED) is 0.370. The van der Waals surface area contributed by atoms with Crippen LogP contribution in [0.5, 0.6) is 0 Å². The Hall–Kier alpha value is -2.01. The number of carbonyl (C=O) groups is 2. The molecular formula is C13H17NO4. The third-order valence-corrected chi connectivity index (χ3v) is 2.20. The predicted octanol–water partition coefficient (Wildman–Crippen LogP) is 1.43. The van der Waals surface area contributed by atoms with E-state index in [9.17, 15) is 9.59 Å². The van der Waals surface area contributed by atoms with Crippen LogP contribution in [0.1, 0.15) is 32.6 Å². The number of ether oxygens (including phenoxy) is 2. The maximum atomic E-state index is 11.4. The van der Waals surface area contributed by atoms with E-state index in [0.29, 0.717) is 12.8 Å². The van der Waals surface area contributed by atoms with Gasteiger partial charge in [-0.05, 0) is 12.8 Å². The fourth-order valence-corrected chi connectivity index (χ4v) is 1.20. The third-order valence-electron chi connectivity index (χ3n) is 2.20. The normalized spacial score (nSPS) is 10.8. The molecule has 1 atom stereocenters. The molecule has 0 bridgehead atoms. The molecule has 0 heterocycles. The predicted molar refractivity (Wildman–Crippen MR) is 64.0 cm³/mol. The van der Waals surface area contributed by atoms with Gasteiger partial charge in [-0.15, -0.1) is 6.42 Å². The minimum absolute atomic E-state index is 0.0232. The van der Waals surface area contributed by atoms with E-state index in [1.807, 2.05) is 6.07 Å². The van der Waals surface area contributed by atoms with Crippen molar-refractivity contribution in [2.75, 3.05) is 13.2 Å². The summed E-state index contributed by atoms with van der Waals surface area (Å²) in [4.78, 5) is 22.5. The summed E-state index contributed by atoms with van der Waals surface area (Å²) < 4.78 is 9.55. The summed E-state index contributed by atoms with van der Waals surface area (Å²) >= 11 is 0. The first-order valence-electron chi connectivity index (χ1n) is 5.74. The van der Waals surface area contributed by atoms with Gasteiger partial charge in [0.05, 0.1) is 18.4 Å². The minimum atomic E-state index is -0.363. The summed E-state index contributed by atoms with van der Waals surface area (Å²) in [6, 6.07) is 1.89. The number of rotatable bonds is 8. The molecule has 0 N–H and O–H groups in total. The molecule has 0 fully saturated rings. The zero-order valence-electron chi connectivity index (χ0n) is 10.5. The molecule has 0 radical (unpaired) electrons. The molecule has 0 aromatic rings. The van der Waals surface area contributed by atoms with Crippen LogP contribution < -0.4 is 0 Å². The van der Waals surface area contributed by atoms with E-state index < -0.39 is 0 Å².